The van der Waals surface area contributed by atoms with E-state index >= 15 is 0 Å². The lowest BCUT2D eigenvalue weighted by molar-refractivity contribution is -0.114. The molecule has 0 saturated carbocycles. The molecule has 1 amide bonds. The van der Waals surface area contributed by atoms with Crippen molar-refractivity contribution in [2.75, 3.05) is 11.9 Å². The Bertz CT molecular complexity index is 282. The van der Waals surface area contributed by atoms with Crippen molar-refractivity contribution in [2.45, 2.75) is 6.61 Å². The smallest absolute Gasteiger partial charge is 0.238 e. The van der Waals surface area contributed by atoms with Gasteiger partial charge < -0.3 is 16.2 Å². The molecule has 1 aromatic carbocycles. The van der Waals surface area contributed by atoms with Crippen LogP contribution < -0.4 is 11.1 Å². The molecule has 0 atom stereocenters. The van der Waals surface area contributed by atoms with Gasteiger partial charge in [0, 0.05) is 5.69 Å². The molecule has 0 aromatic heterocycles. The van der Waals surface area contributed by atoms with Gasteiger partial charge in [-0.25, -0.2) is 0 Å². The van der Waals surface area contributed by atoms with Gasteiger partial charge in [0.2, 0.25) is 5.91 Å². The second kappa shape index (κ2) is 4.59. The van der Waals surface area contributed by atoms with Crippen molar-refractivity contribution >= 4 is 11.6 Å². The first kappa shape index (κ1) is 9.70. The molecule has 0 bridgehead atoms. The van der Waals surface area contributed by atoms with Gasteiger partial charge in [-0.2, -0.15) is 0 Å². The number of benzene rings is 1. The normalized spacial score (nSPS) is 9.69. The molecule has 0 unspecified atom stereocenters. The van der Waals surface area contributed by atoms with Crippen LogP contribution in [0.2, 0.25) is 0 Å². The van der Waals surface area contributed by atoms with E-state index in [1.165, 1.54) is 0 Å². The minimum atomic E-state index is -0.225. The standard InChI is InChI=1S/C9H12N2O2/c10-5-9(13)11-8-3-1-7(6-12)2-4-8/h1-4,12H,5-6,10H2,(H,11,13). The highest BCUT2D eigenvalue weighted by Crippen LogP contribution is 2.08. The molecule has 4 nitrogen and oxygen atoms in total. The molecule has 0 fully saturated rings. The zero-order valence-electron chi connectivity index (χ0n) is 7.16. The maximum Gasteiger partial charge on any atom is 0.238 e. The summed E-state index contributed by atoms with van der Waals surface area (Å²) in [5, 5.41) is 11.3. The van der Waals surface area contributed by atoms with Crippen molar-refractivity contribution in [3.05, 3.63) is 29.8 Å². The molecule has 4 heteroatoms. The zero-order chi connectivity index (χ0) is 9.68. The largest absolute Gasteiger partial charge is 0.392 e. The summed E-state index contributed by atoms with van der Waals surface area (Å²) in [4.78, 5) is 10.9. The number of carbonyl (C=O) groups excluding carboxylic acids is 1. The Kier molecular flexibility index (Phi) is 3.42. The van der Waals surface area contributed by atoms with Crippen LogP contribution in [0.1, 0.15) is 5.56 Å². The Labute approximate surface area is 76.4 Å². The van der Waals surface area contributed by atoms with Crippen LogP contribution in [0, 0.1) is 0 Å². The number of aliphatic hydroxyl groups is 1. The summed E-state index contributed by atoms with van der Waals surface area (Å²) in [6.45, 7) is -0.0210. The summed E-state index contributed by atoms with van der Waals surface area (Å²) >= 11 is 0. The molecule has 0 aliphatic rings. The van der Waals surface area contributed by atoms with Crippen LogP contribution in [0.3, 0.4) is 0 Å². The molecule has 0 saturated heterocycles. The fourth-order valence-electron chi connectivity index (χ4n) is 0.906. The predicted molar refractivity (Wildman–Crippen MR) is 50.0 cm³/mol. The molecular weight excluding hydrogens is 168 g/mol. The SMILES string of the molecule is NCC(=O)Nc1ccc(CO)cc1. The van der Waals surface area contributed by atoms with Gasteiger partial charge >= 0.3 is 0 Å². The van der Waals surface area contributed by atoms with E-state index in [1.54, 1.807) is 24.3 Å². The Balaban J connectivity index is 2.64. The first-order chi connectivity index (χ1) is 6.26. The summed E-state index contributed by atoms with van der Waals surface area (Å²) in [5.74, 6) is -0.225. The van der Waals surface area contributed by atoms with E-state index in [0.29, 0.717) is 5.69 Å². The van der Waals surface area contributed by atoms with Gasteiger partial charge in [-0.3, -0.25) is 4.79 Å². The van der Waals surface area contributed by atoms with E-state index in [0.717, 1.165) is 5.56 Å². The van der Waals surface area contributed by atoms with Gasteiger partial charge in [0.25, 0.3) is 0 Å². The van der Waals surface area contributed by atoms with E-state index in [9.17, 15) is 4.79 Å². The third-order valence-corrected chi connectivity index (χ3v) is 1.61. The Morgan fingerprint density at radius 3 is 2.46 bits per heavy atom. The van der Waals surface area contributed by atoms with E-state index in [1.807, 2.05) is 0 Å². The van der Waals surface area contributed by atoms with Gasteiger partial charge in [-0.15, -0.1) is 0 Å². The third-order valence-electron chi connectivity index (χ3n) is 1.61. The molecule has 4 N–H and O–H groups in total. The van der Waals surface area contributed by atoms with Gasteiger partial charge in [0.15, 0.2) is 0 Å². The second-order valence-electron chi connectivity index (χ2n) is 2.61. The molecule has 0 spiro atoms. The minimum absolute atomic E-state index is 0.00507. The van der Waals surface area contributed by atoms with Crippen molar-refractivity contribution in [3.63, 3.8) is 0 Å². The Morgan fingerprint density at radius 2 is 2.00 bits per heavy atom. The molecule has 0 aliphatic carbocycles. The number of anilines is 1. The highest BCUT2D eigenvalue weighted by atomic mass is 16.3. The van der Waals surface area contributed by atoms with Crippen molar-refractivity contribution in [1.29, 1.82) is 0 Å². The van der Waals surface area contributed by atoms with Crippen LogP contribution in [-0.2, 0) is 11.4 Å². The monoisotopic (exact) mass is 180 g/mol. The van der Waals surface area contributed by atoms with E-state index in [4.69, 9.17) is 10.8 Å². The number of rotatable bonds is 3. The summed E-state index contributed by atoms with van der Waals surface area (Å²) in [7, 11) is 0. The number of nitrogens with one attached hydrogen (secondary N) is 1. The highest BCUT2D eigenvalue weighted by Gasteiger charge is 1.97. The predicted octanol–water partition coefficient (Wildman–Crippen LogP) is 0.0761. The topological polar surface area (TPSA) is 75.4 Å². The maximum absolute atomic E-state index is 10.9. The van der Waals surface area contributed by atoms with Crippen LogP contribution in [-0.4, -0.2) is 17.6 Å². The van der Waals surface area contributed by atoms with Crippen LogP contribution in [0.4, 0.5) is 5.69 Å². The number of aliphatic hydroxyl groups excluding tert-OH is 1. The summed E-state index contributed by atoms with van der Waals surface area (Å²) < 4.78 is 0. The van der Waals surface area contributed by atoms with Crippen molar-refractivity contribution in [3.8, 4) is 0 Å². The van der Waals surface area contributed by atoms with Gasteiger partial charge in [0.1, 0.15) is 0 Å². The minimum Gasteiger partial charge on any atom is -0.392 e. The first-order valence-corrected chi connectivity index (χ1v) is 3.96. The summed E-state index contributed by atoms with van der Waals surface area (Å²) in [6, 6.07) is 6.93. The van der Waals surface area contributed by atoms with Crippen LogP contribution in [0.5, 0.6) is 0 Å². The average Bonchev–Trinajstić information content (AvgIpc) is 2.19. The van der Waals surface area contributed by atoms with Crippen LogP contribution >= 0.6 is 0 Å². The van der Waals surface area contributed by atoms with Crippen molar-refractivity contribution in [1.82, 2.24) is 0 Å². The lowest BCUT2D eigenvalue weighted by atomic mass is 10.2. The van der Waals surface area contributed by atoms with E-state index in [-0.39, 0.29) is 19.1 Å². The van der Waals surface area contributed by atoms with Crippen LogP contribution in [0.25, 0.3) is 0 Å². The third kappa shape index (κ3) is 2.85. The number of hydrogen-bond acceptors (Lipinski definition) is 3. The highest BCUT2D eigenvalue weighted by molar-refractivity contribution is 5.92. The zero-order valence-corrected chi connectivity index (χ0v) is 7.16. The van der Waals surface area contributed by atoms with Gasteiger partial charge in [0.05, 0.1) is 13.2 Å². The second-order valence-corrected chi connectivity index (χ2v) is 2.61. The molecule has 0 radical (unpaired) electrons. The quantitative estimate of drug-likeness (QED) is 0.616. The summed E-state index contributed by atoms with van der Waals surface area (Å²) in [6.07, 6.45) is 0. The lowest BCUT2D eigenvalue weighted by Gasteiger charge is -2.03. The van der Waals surface area contributed by atoms with Crippen molar-refractivity contribution in [2.24, 2.45) is 5.73 Å². The molecule has 0 heterocycles. The van der Waals surface area contributed by atoms with Crippen molar-refractivity contribution < 1.29 is 9.90 Å². The fourth-order valence-corrected chi connectivity index (χ4v) is 0.906. The first-order valence-electron chi connectivity index (χ1n) is 3.96. The molecule has 1 rings (SSSR count). The molecule has 1 aromatic rings. The number of amides is 1. The molecule has 13 heavy (non-hydrogen) atoms. The Morgan fingerprint density at radius 1 is 1.38 bits per heavy atom. The molecule has 70 valence electrons. The van der Waals surface area contributed by atoms with E-state index in [2.05, 4.69) is 5.32 Å². The number of hydrogen-bond donors (Lipinski definition) is 3. The lowest BCUT2D eigenvalue weighted by Crippen LogP contribution is -2.21. The number of nitrogens with two attached hydrogens (primary N) is 1. The average molecular weight is 180 g/mol. The molecular formula is C9H12N2O2. The van der Waals surface area contributed by atoms with Crippen LogP contribution in [0.15, 0.2) is 24.3 Å². The van der Waals surface area contributed by atoms with Gasteiger partial charge in [-0.1, -0.05) is 12.1 Å². The summed E-state index contributed by atoms with van der Waals surface area (Å²) in [5.41, 5.74) is 6.62. The van der Waals surface area contributed by atoms with E-state index < -0.39 is 0 Å². The van der Waals surface area contributed by atoms with Gasteiger partial charge in [-0.05, 0) is 17.7 Å². The molecule has 0 aliphatic heterocycles. The Hall–Kier alpha value is -1.39. The number of carbonyl (C=O) groups is 1. The maximum atomic E-state index is 10.9. The fraction of sp³-hybridized carbons (Fsp3) is 0.222.